The fourth-order valence-electron chi connectivity index (χ4n) is 7.59. The van der Waals surface area contributed by atoms with Gasteiger partial charge in [-0.05, 0) is 96.9 Å². The van der Waals surface area contributed by atoms with Crippen LogP contribution in [0, 0.1) is 0 Å². The van der Waals surface area contributed by atoms with Gasteiger partial charge in [0.15, 0.2) is 0 Å². The van der Waals surface area contributed by atoms with Crippen LogP contribution in [0.2, 0.25) is 0 Å². The summed E-state index contributed by atoms with van der Waals surface area (Å²) in [6, 6.07) is 36.2. The van der Waals surface area contributed by atoms with Gasteiger partial charge >= 0.3 is 30.1 Å². The lowest BCUT2D eigenvalue weighted by Crippen LogP contribution is -2.21. The summed E-state index contributed by atoms with van der Waals surface area (Å²) >= 11 is 5.99. The summed E-state index contributed by atoms with van der Waals surface area (Å²) in [6.07, 6.45) is -5.08. The summed E-state index contributed by atoms with van der Waals surface area (Å²) in [6.45, 7) is 2.64. The lowest BCUT2D eigenvalue weighted by Gasteiger charge is -2.10. The minimum absolute atomic E-state index is 0.0322. The summed E-state index contributed by atoms with van der Waals surface area (Å²) in [7, 11) is 3.21. The second kappa shape index (κ2) is 29.6. The summed E-state index contributed by atoms with van der Waals surface area (Å²) < 4.78 is 71.3. The number of carbonyl (C=O) groups is 4. The number of aromatic nitrogens is 13. The molecule has 6 aromatic carbocycles. The normalized spacial score (nSPS) is 10.8. The highest BCUT2D eigenvalue weighted by Gasteiger charge is 2.38. The Bertz CT molecular complexity index is 4630. The van der Waals surface area contributed by atoms with Crippen LogP contribution in [0.4, 0.5) is 13.2 Å². The number of phenolic OH excluding ortho intramolecular Hbond substituents is 1. The number of hydrogen-bond acceptors (Lipinski definition) is 25. The van der Waals surface area contributed by atoms with E-state index in [9.17, 15) is 32.7 Å². The van der Waals surface area contributed by atoms with Gasteiger partial charge in [0.1, 0.15) is 34.5 Å². The average Bonchev–Trinajstić information content (AvgIpc) is 1.93. The number of rotatable bonds is 16. The van der Waals surface area contributed by atoms with Gasteiger partial charge in [-0.3, -0.25) is 0 Å². The molecule has 0 unspecified atom stereocenters. The molecule has 7 heterocycles. The van der Waals surface area contributed by atoms with E-state index in [1.165, 1.54) is 54.7 Å². The predicted molar refractivity (Wildman–Crippen MR) is 325 cm³/mol. The molecule has 27 nitrogen and oxygen atoms in total. The Balaban J connectivity index is 0.000000145. The number of fused-ring (bicyclic) bond motifs is 4. The number of phenols is 1. The molecule has 7 aromatic heterocycles. The Hall–Kier alpha value is -11.2. The van der Waals surface area contributed by atoms with Gasteiger partial charge in [-0.25, -0.2) is 53.6 Å². The number of aromatic amines is 1. The molecule has 91 heavy (non-hydrogen) atoms. The molecule has 0 atom stereocenters. The van der Waals surface area contributed by atoms with Crippen molar-refractivity contribution < 1.29 is 81.2 Å². The number of alkyl halides is 3. The quantitative estimate of drug-likeness (QED) is 0.0561. The van der Waals surface area contributed by atoms with Gasteiger partial charge in [0.2, 0.25) is 17.1 Å². The number of aromatic hydroxyl groups is 1. The largest absolute Gasteiger partial charge is 0.508 e. The smallest absolute Gasteiger partial charge is 0.490 e. The Morgan fingerprint density at radius 3 is 1.33 bits per heavy atom. The number of thiazole rings is 4. The number of halogens is 3. The number of carboxylic acids is 3. The van der Waals surface area contributed by atoms with E-state index in [0.29, 0.717) is 36.1 Å². The van der Waals surface area contributed by atoms with Gasteiger partial charge in [-0.1, -0.05) is 45.0 Å². The van der Waals surface area contributed by atoms with Crippen molar-refractivity contribution in [1.29, 1.82) is 0 Å². The van der Waals surface area contributed by atoms with Crippen LogP contribution in [-0.2, 0) is 22.6 Å². The average molecular weight is 1320 g/mol. The topological polar surface area (TPSA) is 359 Å². The van der Waals surface area contributed by atoms with Gasteiger partial charge in [0, 0.05) is 18.2 Å². The number of ether oxygens (including phenoxy) is 6. The van der Waals surface area contributed by atoms with Crippen molar-refractivity contribution >= 4 is 110 Å². The molecule has 466 valence electrons. The van der Waals surface area contributed by atoms with Crippen LogP contribution in [0.25, 0.3) is 40.9 Å². The summed E-state index contributed by atoms with van der Waals surface area (Å²) in [5.41, 5.74) is 12.0. The van der Waals surface area contributed by atoms with E-state index in [2.05, 4.69) is 56.0 Å². The zero-order chi connectivity index (χ0) is 64.6. The van der Waals surface area contributed by atoms with Crippen molar-refractivity contribution in [3.05, 3.63) is 172 Å². The zero-order valence-electron chi connectivity index (χ0n) is 47.0. The van der Waals surface area contributed by atoms with E-state index < -0.39 is 30.1 Å². The molecule has 0 radical (unpaired) electrons. The third-order valence-electron chi connectivity index (χ3n) is 11.9. The molecular weight excluding hydrogens is 1280 g/mol. The van der Waals surface area contributed by atoms with Crippen LogP contribution in [-0.4, -0.2) is 137 Å². The molecule has 0 saturated heterocycles. The number of esters is 1. The highest BCUT2D eigenvalue weighted by atomic mass is 32.1. The highest BCUT2D eigenvalue weighted by molar-refractivity contribution is 7.17. The van der Waals surface area contributed by atoms with Gasteiger partial charge < -0.3 is 48.8 Å². The molecule has 0 aliphatic rings. The van der Waals surface area contributed by atoms with Crippen molar-refractivity contribution in [3.63, 3.8) is 0 Å². The number of hydrogen-bond donors (Lipinski definition) is 5. The number of nitrogens with zero attached hydrogens (tertiary/aromatic N) is 12. The second-order valence-electron chi connectivity index (χ2n) is 17.9. The first-order valence-corrected chi connectivity index (χ1v) is 29.4. The second-order valence-corrected chi connectivity index (χ2v) is 21.4. The van der Waals surface area contributed by atoms with E-state index >= 15 is 0 Å². The van der Waals surface area contributed by atoms with E-state index in [1.807, 2.05) is 72.8 Å². The first-order chi connectivity index (χ1) is 43.8. The Kier molecular flexibility index (Phi) is 20.9. The number of carbonyl (C=O) groups excluding carboxylic acids is 1. The van der Waals surface area contributed by atoms with Crippen molar-refractivity contribution in [3.8, 4) is 52.1 Å². The lowest BCUT2D eigenvalue weighted by molar-refractivity contribution is -0.192. The maximum Gasteiger partial charge on any atom is 0.490 e. The van der Waals surface area contributed by atoms with Gasteiger partial charge in [-0.2, -0.15) is 13.2 Å². The first kappa shape index (κ1) is 64.2. The third-order valence-corrected chi connectivity index (χ3v) is 15.0. The number of aliphatic carboxylic acids is 1. The molecule has 0 bridgehead atoms. The van der Waals surface area contributed by atoms with E-state index in [0.717, 1.165) is 63.5 Å². The van der Waals surface area contributed by atoms with Crippen LogP contribution in [0.3, 0.4) is 0 Å². The number of carboxylic acid groups (broad SMARTS) is 3. The molecule has 0 aliphatic heterocycles. The molecule has 13 aromatic rings. The number of nitrogens with one attached hydrogen (secondary N) is 1. The van der Waals surface area contributed by atoms with Crippen molar-refractivity contribution in [2.24, 2.45) is 0 Å². The van der Waals surface area contributed by atoms with Crippen molar-refractivity contribution in [2.75, 3.05) is 20.8 Å². The SMILES string of the molecule is CCOC(=O)c1nnn(Cc2ccc(OC)cc2)c1Oc1ccc2ncsc2c1.COc1ccc(Cn2nnc(C(=O)O)c2Oc2ccc3ncsc3c2)cc1.O=C(O)C(F)(F)F.O=C(O)c1[nH]nnc1Oc1ccc2ncsc2c1.Oc1ccc2ncsc2c1. The molecule has 0 fully saturated rings. The lowest BCUT2D eigenvalue weighted by atomic mass is 10.2. The Labute approximate surface area is 524 Å². The number of methoxy groups -OCH3 is 2. The summed E-state index contributed by atoms with van der Waals surface area (Å²) in [5.74, 6) is -2.14. The molecule has 0 amide bonds. The Morgan fingerprint density at radius 2 is 0.923 bits per heavy atom. The summed E-state index contributed by atoms with van der Waals surface area (Å²) in [5, 5.41) is 59.5. The molecule has 34 heteroatoms. The minimum Gasteiger partial charge on any atom is -0.508 e. The molecule has 13 rings (SSSR count). The maximum atomic E-state index is 12.3. The van der Waals surface area contributed by atoms with Gasteiger partial charge in [0.25, 0.3) is 17.6 Å². The molecule has 0 spiro atoms. The molecule has 0 aliphatic carbocycles. The van der Waals surface area contributed by atoms with E-state index in [1.54, 1.807) is 91.7 Å². The standard InChI is InChI=1S/C20H18N4O4S.C18H14N4O4S.C10H6N4O3S.C7H5NOS.C2HF3O2/c1-3-27-20(25)18-19(28-15-8-9-16-17(10-15)29-12-21-16)24(23-22-18)11-13-4-6-14(26-2)7-5-13;1-25-12-4-2-11(3-5-12)9-22-17(16(18(23)24)20-21-22)26-13-6-7-14-15(8-13)27-10-19-14;15-10(16)8-9(13-14-12-8)17-5-1-2-6-7(3-5)18-4-11-6;9-5-1-2-6-7(3-5)10-4-8-6;3-2(4,5)1(6)7/h4-10,12H,3,11H2,1-2H3;2-8,10H,9H2,1H3,(H,23,24);1-4H,(H,15,16)(H,12,13,14);1-4,9H;(H,6,7). The first-order valence-electron chi connectivity index (χ1n) is 25.9. The highest BCUT2D eigenvalue weighted by Crippen LogP contribution is 2.33. The zero-order valence-corrected chi connectivity index (χ0v) is 50.2. The molecular formula is C57H44F3N13O14S4. The van der Waals surface area contributed by atoms with Crippen LogP contribution in [0.1, 0.15) is 49.5 Å². The van der Waals surface area contributed by atoms with Crippen LogP contribution in [0.15, 0.2) is 143 Å². The fourth-order valence-corrected chi connectivity index (χ4v) is 10.4. The fraction of sp³-hybridized carbons (Fsp3) is 0.123. The van der Waals surface area contributed by atoms with Crippen LogP contribution in [0.5, 0.6) is 52.1 Å². The van der Waals surface area contributed by atoms with Crippen molar-refractivity contribution in [2.45, 2.75) is 26.2 Å². The van der Waals surface area contributed by atoms with Crippen LogP contribution < -0.4 is 23.7 Å². The summed E-state index contributed by atoms with van der Waals surface area (Å²) in [4.78, 5) is 60.3. The molecule has 5 N–H and O–H groups in total. The maximum absolute atomic E-state index is 12.3. The van der Waals surface area contributed by atoms with E-state index in [4.69, 9.17) is 48.5 Å². The van der Waals surface area contributed by atoms with Crippen LogP contribution >= 0.6 is 45.3 Å². The van der Waals surface area contributed by atoms with E-state index in [-0.39, 0.29) is 41.3 Å². The Morgan fingerprint density at radius 1 is 0.527 bits per heavy atom. The number of benzene rings is 6. The predicted octanol–water partition coefficient (Wildman–Crippen LogP) is 11.9. The van der Waals surface area contributed by atoms with Gasteiger partial charge in [0.05, 0.1) is 96.8 Å². The monoisotopic (exact) mass is 1320 g/mol. The molecule has 0 saturated carbocycles. The van der Waals surface area contributed by atoms with Gasteiger partial charge in [-0.15, -0.1) is 55.5 Å². The number of aromatic carboxylic acids is 2. The van der Waals surface area contributed by atoms with Crippen molar-refractivity contribution in [1.82, 2.24) is 65.3 Å². The number of H-pyrrole nitrogens is 1. The minimum atomic E-state index is -5.08. The third kappa shape index (κ3) is 16.9.